The number of aliphatic carboxylic acids is 1. The van der Waals surface area contributed by atoms with Crippen LogP contribution in [0.2, 0.25) is 0 Å². The van der Waals surface area contributed by atoms with Gasteiger partial charge in [0, 0.05) is 24.9 Å². The number of carboxylic acids is 1. The topological polar surface area (TPSA) is 98.2 Å². The van der Waals surface area contributed by atoms with Crippen molar-refractivity contribution in [2.45, 2.75) is 44.3 Å². The Hall–Kier alpha value is -1.50. The molecule has 19 heavy (non-hydrogen) atoms. The third-order valence-corrected chi connectivity index (χ3v) is 3.55. The van der Waals surface area contributed by atoms with Gasteiger partial charge in [0.2, 0.25) is 5.91 Å². The zero-order chi connectivity index (χ0) is 14.4. The Morgan fingerprint density at radius 2 is 2.21 bits per heavy atom. The van der Waals surface area contributed by atoms with Gasteiger partial charge in [0.25, 0.3) is 0 Å². The Morgan fingerprint density at radius 3 is 2.74 bits per heavy atom. The van der Waals surface area contributed by atoms with Crippen molar-refractivity contribution in [3.05, 3.63) is 11.9 Å². The van der Waals surface area contributed by atoms with Gasteiger partial charge in [-0.25, -0.2) is 4.98 Å². The number of imidazole rings is 1. The summed E-state index contributed by atoms with van der Waals surface area (Å²) < 4.78 is 1.97. The zero-order valence-electron chi connectivity index (χ0n) is 11.1. The molecule has 0 aliphatic heterocycles. The van der Waals surface area contributed by atoms with Crippen molar-refractivity contribution in [1.29, 1.82) is 0 Å². The number of nitrogens with zero attached hydrogens (tertiary/aromatic N) is 2. The van der Waals surface area contributed by atoms with Gasteiger partial charge in [-0.1, -0.05) is 25.6 Å². The molecule has 0 atom stereocenters. The van der Waals surface area contributed by atoms with E-state index in [1.165, 1.54) is 11.8 Å². The van der Waals surface area contributed by atoms with Crippen LogP contribution < -0.4 is 5.73 Å². The van der Waals surface area contributed by atoms with E-state index in [0.717, 1.165) is 5.69 Å². The second-order valence-electron chi connectivity index (χ2n) is 4.52. The zero-order valence-corrected chi connectivity index (χ0v) is 11.9. The van der Waals surface area contributed by atoms with E-state index < -0.39 is 5.97 Å². The molecule has 106 valence electrons. The first-order chi connectivity index (χ1) is 8.91. The van der Waals surface area contributed by atoms with E-state index in [2.05, 4.69) is 4.98 Å². The molecule has 0 spiro atoms. The molecule has 0 bridgehead atoms. The first-order valence-electron chi connectivity index (χ1n) is 6.10. The van der Waals surface area contributed by atoms with Crippen molar-refractivity contribution in [1.82, 2.24) is 9.55 Å². The number of nitrogens with two attached hydrogens (primary N) is 1. The minimum Gasteiger partial charge on any atom is -0.481 e. The molecule has 0 saturated heterocycles. The second-order valence-corrected chi connectivity index (χ2v) is 5.47. The number of hydrogen-bond acceptors (Lipinski definition) is 4. The molecular weight excluding hydrogens is 266 g/mol. The van der Waals surface area contributed by atoms with Crippen molar-refractivity contribution >= 4 is 23.6 Å². The molecule has 0 aliphatic rings. The quantitative estimate of drug-likeness (QED) is 0.704. The number of carboxylic acid groups (broad SMARTS) is 1. The van der Waals surface area contributed by atoms with E-state index in [1.807, 2.05) is 18.4 Å². The number of thioether (sulfide) groups is 1. The Labute approximate surface area is 116 Å². The lowest BCUT2D eigenvalue weighted by Crippen LogP contribution is -2.13. The smallest absolute Gasteiger partial charge is 0.313 e. The molecular formula is C12H19N3O3S. The highest BCUT2D eigenvalue weighted by molar-refractivity contribution is 7.99. The van der Waals surface area contributed by atoms with Crippen LogP contribution in [0.25, 0.3) is 0 Å². The Bertz CT molecular complexity index is 457. The molecule has 1 heterocycles. The van der Waals surface area contributed by atoms with Gasteiger partial charge >= 0.3 is 5.97 Å². The van der Waals surface area contributed by atoms with Crippen LogP contribution in [-0.4, -0.2) is 32.3 Å². The third-order valence-electron chi connectivity index (χ3n) is 2.57. The summed E-state index contributed by atoms with van der Waals surface area (Å²) in [7, 11) is 0. The summed E-state index contributed by atoms with van der Waals surface area (Å²) in [5.74, 6) is -0.932. The van der Waals surface area contributed by atoms with Gasteiger partial charge < -0.3 is 15.4 Å². The van der Waals surface area contributed by atoms with Gasteiger partial charge in [-0.05, 0) is 12.3 Å². The van der Waals surface area contributed by atoms with Crippen LogP contribution in [0.3, 0.4) is 0 Å². The number of hydrogen-bond donors (Lipinski definition) is 2. The van der Waals surface area contributed by atoms with Crippen LogP contribution >= 0.6 is 11.8 Å². The maximum Gasteiger partial charge on any atom is 0.313 e. The lowest BCUT2D eigenvalue weighted by Gasteiger charge is -2.13. The largest absolute Gasteiger partial charge is 0.481 e. The molecule has 7 heteroatoms. The molecule has 0 aromatic carbocycles. The van der Waals surface area contributed by atoms with Gasteiger partial charge in [0.1, 0.15) is 0 Å². The van der Waals surface area contributed by atoms with Crippen LogP contribution in [0.15, 0.2) is 11.4 Å². The molecule has 1 aromatic rings. The molecule has 1 amide bonds. The predicted octanol–water partition coefficient (Wildman–Crippen LogP) is 1.45. The third kappa shape index (κ3) is 4.94. The van der Waals surface area contributed by atoms with Crippen LogP contribution in [0, 0.1) is 0 Å². The van der Waals surface area contributed by atoms with E-state index in [-0.39, 0.29) is 11.7 Å². The summed E-state index contributed by atoms with van der Waals surface area (Å²) in [6, 6.07) is 0. The monoisotopic (exact) mass is 285 g/mol. The molecule has 1 aromatic heterocycles. The van der Waals surface area contributed by atoms with E-state index >= 15 is 0 Å². The van der Waals surface area contributed by atoms with E-state index in [4.69, 9.17) is 10.8 Å². The standard InChI is InChI=1S/C12H19N3O3S/c1-8(2)9-6-14-12(19-7-11(17)18)15(9)5-3-4-10(13)16/h6,8H,3-5,7H2,1-2H3,(H2,13,16)(H,17,18). The highest BCUT2D eigenvalue weighted by atomic mass is 32.2. The fraction of sp³-hybridized carbons (Fsp3) is 0.583. The number of aromatic nitrogens is 2. The summed E-state index contributed by atoms with van der Waals surface area (Å²) in [5.41, 5.74) is 6.16. The summed E-state index contributed by atoms with van der Waals surface area (Å²) in [6.07, 6.45) is 2.71. The van der Waals surface area contributed by atoms with Crippen molar-refractivity contribution in [2.24, 2.45) is 5.73 Å². The number of primary amides is 1. The maximum absolute atomic E-state index is 10.8. The highest BCUT2D eigenvalue weighted by Crippen LogP contribution is 2.23. The number of carbonyl (C=O) groups is 2. The Kier molecular flexibility index (Phi) is 5.88. The van der Waals surface area contributed by atoms with Crippen molar-refractivity contribution < 1.29 is 14.7 Å². The van der Waals surface area contributed by atoms with Crippen LogP contribution in [-0.2, 0) is 16.1 Å². The molecule has 6 nitrogen and oxygen atoms in total. The molecule has 0 saturated carbocycles. The van der Waals surface area contributed by atoms with Crippen LogP contribution in [0.4, 0.5) is 0 Å². The van der Waals surface area contributed by atoms with E-state index in [1.54, 1.807) is 6.20 Å². The van der Waals surface area contributed by atoms with Gasteiger partial charge in [-0.2, -0.15) is 0 Å². The molecule has 3 N–H and O–H groups in total. The minimum atomic E-state index is -0.872. The lowest BCUT2D eigenvalue weighted by atomic mass is 10.1. The highest BCUT2D eigenvalue weighted by Gasteiger charge is 2.14. The van der Waals surface area contributed by atoms with Crippen LogP contribution in [0.5, 0.6) is 0 Å². The molecule has 0 radical (unpaired) electrons. The summed E-state index contributed by atoms with van der Waals surface area (Å²) >= 11 is 1.19. The Balaban J connectivity index is 2.79. The molecule has 0 fully saturated rings. The average Bonchev–Trinajstić information content (AvgIpc) is 2.69. The van der Waals surface area contributed by atoms with E-state index in [0.29, 0.717) is 30.5 Å². The van der Waals surface area contributed by atoms with Crippen molar-refractivity contribution in [3.8, 4) is 0 Å². The summed E-state index contributed by atoms with van der Waals surface area (Å²) in [6.45, 7) is 4.72. The van der Waals surface area contributed by atoms with E-state index in [9.17, 15) is 9.59 Å². The predicted molar refractivity (Wildman–Crippen MR) is 73.1 cm³/mol. The normalized spacial score (nSPS) is 10.9. The number of carbonyl (C=O) groups excluding carboxylic acids is 1. The van der Waals surface area contributed by atoms with Crippen LogP contribution in [0.1, 0.15) is 38.3 Å². The second kappa shape index (κ2) is 7.18. The Morgan fingerprint density at radius 1 is 1.53 bits per heavy atom. The van der Waals surface area contributed by atoms with Crippen molar-refractivity contribution in [3.63, 3.8) is 0 Å². The van der Waals surface area contributed by atoms with Gasteiger partial charge in [0.15, 0.2) is 5.16 Å². The first-order valence-corrected chi connectivity index (χ1v) is 7.08. The summed E-state index contributed by atoms with van der Waals surface area (Å²) in [4.78, 5) is 25.6. The fourth-order valence-electron chi connectivity index (χ4n) is 1.71. The van der Waals surface area contributed by atoms with Crippen molar-refractivity contribution in [2.75, 3.05) is 5.75 Å². The average molecular weight is 285 g/mol. The molecule has 0 unspecified atom stereocenters. The van der Waals surface area contributed by atoms with Gasteiger partial charge in [-0.15, -0.1) is 0 Å². The SMILES string of the molecule is CC(C)c1cnc(SCC(=O)O)n1CCCC(N)=O. The lowest BCUT2D eigenvalue weighted by molar-refractivity contribution is -0.133. The number of rotatable bonds is 8. The maximum atomic E-state index is 10.8. The molecule has 0 aliphatic carbocycles. The fourth-order valence-corrected chi connectivity index (χ4v) is 2.44. The van der Waals surface area contributed by atoms with Gasteiger partial charge in [0.05, 0.1) is 5.75 Å². The minimum absolute atomic E-state index is 0.0234. The summed E-state index contributed by atoms with van der Waals surface area (Å²) in [5, 5.41) is 9.39. The first kappa shape index (κ1) is 15.6. The number of amides is 1. The molecule has 1 rings (SSSR count). The van der Waals surface area contributed by atoms with Gasteiger partial charge in [-0.3, -0.25) is 9.59 Å².